The highest BCUT2D eigenvalue weighted by Crippen LogP contribution is 2.28. The molecule has 0 aliphatic carbocycles. The summed E-state index contributed by atoms with van der Waals surface area (Å²) in [7, 11) is -3.81. The SMILES string of the molecule is Cc1ccc(-c2noc(C(=O)N3CCCC3)n2)cc1S(=O)(=O)N1CCN(c2ccccc2F)CC1. The molecular formula is C24H26FN5O4S. The van der Waals surface area contributed by atoms with Gasteiger partial charge in [0.05, 0.1) is 10.6 Å². The summed E-state index contributed by atoms with van der Waals surface area (Å²) in [4.78, 5) is 20.4. The van der Waals surface area contributed by atoms with Gasteiger partial charge in [0.1, 0.15) is 5.82 Å². The molecule has 2 aromatic carbocycles. The number of rotatable bonds is 5. The molecule has 0 atom stereocenters. The number of halogens is 1. The molecule has 2 fully saturated rings. The predicted octanol–water partition coefficient (Wildman–Crippen LogP) is 2.93. The molecule has 0 bridgehead atoms. The highest BCUT2D eigenvalue weighted by Gasteiger charge is 2.31. The van der Waals surface area contributed by atoms with E-state index in [0.29, 0.717) is 43.0 Å². The first-order valence-corrected chi connectivity index (χ1v) is 13.0. The summed E-state index contributed by atoms with van der Waals surface area (Å²) in [6, 6.07) is 11.4. The molecule has 184 valence electrons. The van der Waals surface area contributed by atoms with Gasteiger partial charge in [0.25, 0.3) is 0 Å². The average Bonchev–Trinajstić information content (AvgIpc) is 3.57. The molecule has 35 heavy (non-hydrogen) atoms. The minimum Gasteiger partial charge on any atom is -0.367 e. The van der Waals surface area contributed by atoms with Gasteiger partial charge in [-0.1, -0.05) is 29.4 Å². The smallest absolute Gasteiger partial charge is 0.316 e. The number of amides is 1. The number of carbonyl (C=O) groups excluding carboxylic acids is 1. The fourth-order valence-electron chi connectivity index (χ4n) is 4.52. The van der Waals surface area contributed by atoms with E-state index < -0.39 is 10.0 Å². The summed E-state index contributed by atoms with van der Waals surface area (Å²) in [5, 5.41) is 3.91. The molecule has 0 unspecified atom stereocenters. The van der Waals surface area contributed by atoms with Crippen LogP contribution in [-0.2, 0) is 10.0 Å². The number of anilines is 1. The van der Waals surface area contributed by atoms with E-state index in [0.717, 1.165) is 12.8 Å². The molecule has 1 amide bonds. The van der Waals surface area contributed by atoms with Crippen molar-refractivity contribution in [2.75, 3.05) is 44.2 Å². The first kappa shape index (κ1) is 23.4. The van der Waals surface area contributed by atoms with Gasteiger partial charge in [-0.15, -0.1) is 0 Å². The van der Waals surface area contributed by atoms with Crippen molar-refractivity contribution in [1.82, 2.24) is 19.3 Å². The second kappa shape index (κ2) is 9.38. The van der Waals surface area contributed by atoms with Gasteiger partial charge in [-0.25, -0.2) is 12.8 Å². The molecule has 2 saturated heterocycles. The Morgan fingerprint density at radius 2 is 1.71 bits per heavy atom. The molecule has 3 aromatic rings. The Labute approximate surface area is 203 Å². The van der Waals surface area contributed by atoms with Crippen LogP contribution in [0.5, 0.6) is 0 Å². The van der Waals surface area contributed by atoms with Crippen LogP contribution in [0, 0.1) is 12.7 Å². The number of hydrogen-bond acceptors (Lipinski definition) is 7. The van der Waals surface area contributed by atoms with Gasteiger partial charge in [-0.2, -0.15) is 9.29 Å². The van der Waals surface area contributed by atoms with Crippen molar-refractivity contribution in [1.29, 1.82) is 0 Å². The fourth-order valence-corrected chi connectivity index (χ4v) is 6.19. The van der Waals surface area contributed by atoms with Crippen molar-refractivity contribution in [2.24, 2.45) is 0 Å². The van der Waals surface area contributed by atoms with E-state index in [1.54, 1.807) is 42.2 Å². The van der Waals surface area contributed by atoms with Crippen molar-refractivity contribution >= 4 is 21.6 Å². The molecule has 9 nitrogen and oxygen atoms in total. The number of piperazine rings is 1. The van der Waals surface area contributed by atoms with E-state index in [4.69, 9.17) is 4.52 Å². The molecule has 0 N–H and O–H groups in total. The molecular weight excluding hydrogens is 473 g/mol. The minimum absolute atomic E-state index is 0.101. The van der Waals surface area contributed by atoms with Gasteiger partial charge in [0, 0.05) is 44.8 Å². The Kier molecular flexibility index (Phi) is 6.28. The third kappa shape index (κ3) is 4.53. The highest BCUT2D eigenvalue weighted by molar-refractivity contribution is 7.89. The minimum atomic E-state index is -3.81. The van der Waals surface area contributed by atoms with Gasteiger partial charge in [-0.3, -0.25) is 4.79 Å². The molecule has 3 heterocycles. The first-order chi connectivity index (χ1) is 16.8. The van der Waals surface area contributed by atoms with E-state index in [9.17, 15) is 17.6 Å². The van der Waals surface area contributed by atoms with Gasteiger partial charge in [0.15, 0.2) is 0 Å². The number of hydrogen-bond donors (Lipinski definition) is 0. The molecule has 11 heteroatoms. The van der Waals surface area contributed by atoms with Crippen LogP contribution >= 0.6 is 0 Å². The predicted molar refractivity (Wildman–Crippen MR) is 127 cm³/mol. The summed E-state index contributed by atoms with van der Waals surface area (Å²) in [5.41, 5.74) is 1.50. The van der Waals surface area contributed by atoms with Crippen molar-refractivity contribution < 1.29 is 22.1 Å². The highest BCUT2D eigenvalue weighted by atomic mass is 32.2. The fraction of sp³-hybridized carbons (Fsp3) is 0.375. The zero-order chi connectivity index (χ0) is 24.6. The van der Waals surface area contributed by atoms with Crippen molar-refractivity contribution in [2.45, 2.75) is 24.7 Å². The Hall–Kier alpha value is -3.31. The Morgan fingerprint density at radius 3 is 2.43 bits per heavy atom. The molecule has 2 aliphatic rings. The molecule has 0 spiro atoms. The van der Waals surface area contributed by atoms with Crippen LogP contribution in [0.1, 0.15) is 29.1 Å². The maximum atomic E-state index is 14.2. The largest absolute Gasteiger partial charge is 0.367 e. The van der Waals surface area contributed by atoms with Crippen molar-refractivity contribution in [3.63, 3.8) is 0 Å². The number of para-hydroxylation sites is 1. The zero-order valence-corrected chi connectivity index (χ0v) is 20.2. The lowest BCUT2D eigenvalue weighted by Gasteiger charge is -2.35. The number of aromatic nitrogens is 2. The lowest BCUT2D eigenvalue weighted by atomic mass is 10.1. The molecule has 2 aliphatic heterocycles. The number of benzene rings is 2. The zero-order valence-electron chi connectivity index (χ0n) is 19.4. The first-order valence-electron chi connectivity index (χ1n) is 11.6. The number of likely N-dealkylation sites (tertiary alicyclic amines) is 1. The lowest BCUT2D eigenvalue weighted by molar-refractivity contribution is 0.0743. The number of sulfonamides is 1. The van der Waals surface area contributed by atoms with Crippen molar-refractivity contribution in [3.8, 4) is 11.4 Å². The average molecular weight is 500 g/mol. The van der Waals surface area contributed by atoms with Crippen LogP contribution < -0.4 is 4.90 Å². The van der Waals surface area contributed by atoms with Gasteiger partial charge in [-0.05, 0) is 43.5 Å². The number of aryl methyl sites for hydroxylation is 1. The topological polar surface area (TPSA) is 99.8 Å². The Bertz CT molecular complexity index is 1350. The van der Waals surface area contributed by atoms with E-state index >= 15 is 0 Å². The van der Waals surface area contributed by atoms with E-state index in [1.165, 1.54) is 16.4 Å². The molecule has 5 rings (SSSR count). The van der Waals surface area contributed by atoms with Crippen LogP contribution in [0.25, 0.3) is 11.4 Å². The third-order valence-electron chi connectivity index (χ3n) is 6.50. The lowest BCUT2D eigenvalue weighted by Crippen LogP contribution is -2.49. The standard InChI is InChI=1S/C24H26FN5O4S/c1-17-8-9-18(22-26-23(34-27-22)24(31)29-10-4-5-11-29)16-21(17)35(32,33)30-14-12-28(13-15-30)20-7-3-2-6-19(20)25/h2-3,6-9,16H,4-5,10-15H2,1H3. The maximum absolute atomic E-state index is 14.2. The van der Waals surface area contributed by atoms with Crippen LogP contribution in [0.3, 0.4) is 0 Å². The summed E-state index contributed by atoms with van der Waals surface area (Å²) in [5.74, 6) is -0.575. The summed E-state index contributed by atoms with van der Waals surface area (Å²) >= 11 is 0. The van der Waals surface area contributed by atoms with Gasteiger partial charge in [0.2, 0.25) is 15.8 Å². The quantitative estimate of drug-likeness (QED) is 0.532. The van der Waals surface area contributed by atoms with Gasteiger partial charge >= 0.3 is 11.8 Å². The molecule has 0 radical (unpaired) electrons. The van der Waals surface area contributed by atoms with Crippen LogP contribution in [-0.4, -0.2) is 72.9 Å². The second-order valence-corrected chi connectivity index (χ2v) is 10.7. The van der Waals surface area contributed by atoms with Gasteiger partial charge < -0.3 is 14.3 Å². The monoisotopic (exact) mass is 499 g/mol. The maximum Gasteiger partial charge on any atom is 0.316 e. The molecule has 0 saturated carbocycles. The van der Waals surface area contributed by atoms with Crippen LogP contribution in [0.2, 0.25) is 0 Å². The second-order valence-electron chi connectivity index (χ2n) is 8.75. The van der Waals surface area contributed by atoms with Crippen LogP contribution in [0.15, 0.2) is 51.9 Å². The summed E-state index contributed by atoms with van der Waals surface area (Å²) in [6.45, 7) is 4.28. The van der Waals surface area contributed by atoms with E-state index in [-0.39, 0.29) is 41.4 Å². The summed E-state index contributed by atoms with van der Waals surface area (Å²) < 4.78 is 47.7. The Balaban J connectivity index is 1.35. The van der Waals surface area contributed by atoms with E-state index in [2.05, 4.69) is 10.1 Å². The Morgan fingerprint density at radius 1 is 1.00 bits per heavy atom. The summed E-state index contributed by atoms with van der Waals surface area (Å²) in [6.07, 6.45) is 1.89. The van der Waals surface area contributed by atoms with Crippen molar-refractivity contribution in [3.05, 3.63) is 59.7 Å². The normalized spacial score (nSPS) is 17.2. The number of nitrogens with zero attached hydrogens (tertiary/aromatic N) is 5. The number of carbonyl (C=O) groups is 1. The molecule has 1 aromatic heterocycles. The third-order valence-corrected chi connectivity index (χ3v) is 8.54. The van der Waals surface area contributed by atoms with E-state index in [1.807, 2.05) is 4.90 Å². The van der Waals surface area contributed by atoms with Crippen LogP contribution in [0.4, 0.5) is 10.1 Å².